The highest BCUT2D eigenvalue weighted by Gasteiger charge is 2.19. The molecule has 30 heavy (non-hydrogen) atoms. The zero-order valence-corrected chi connectivity index (χ0v) is 17.5. The minimum atomic E-state index is -0.239. The number of nitrogens with zero attached hydrogens (tertiary/aromatic N) is 4. The second-order valence-electron chi connectivity index (χ2n) is 7.72. The predicted octanol–water partition coefficient (Wildman–Crippen LogP) is 3.84. The molecule has 1 aliphatic heterocycles. The molecule has 3 aromatic rings. The molecule has 1 aliphatic rings. The van der Waals surface area contributed by atoms with Gasteiger partial charge in [0, 0.05) is 37.0 Å². The maximum atomic E-state index is 14.9. The van der Waals surface area contributed by atoms with Gasteiger partial charge in [-0.15, -0.1) is 5.10 Å². The van der Waals surface area contributed by atoms with Crippen LogP contribution < -0.4 is 15.5 Å². The number of benzene rings is 2. The summed E-state index contributed by atoms with van der Waals surface area (Å²) in [4.78, 5) is 2.06. The number of fused-ring (bicyclic) bond motifs is 1. The predicted molar refractivity (Wildman–Crippen MR) is 117 cm³/mol. The van der Waals surface area contributed by atoms with Gasteiger partial charge in [0.1, 0.15) is 5.82 Å². The second-order valence-corrected chi connectivity index (χ2v) is 7.72. The Morgan fingerprint density at radius 1 is 1.17 bits per heavy atom. The molecule has 1 saturated heterocycles. The number of aromatic nitrogens is 2. The zero-order chi connectivity index (χ0) is 21.3. The van der Waals surface area contributed by atoms with Crippen LogP contribution in [-0.4, -0.2) is 36.4 Å². The highest BCUT2D eigenvalue weighted by Crippen LogP contribution is 2.33. The average Bonchev–Trinajstić information content (AvgIpc) is 2.76. The summed E-state index contributed by atoms with van der Waals surface area (Å²) in [5, 5.41) is 26.3. The first kappa shape index (κ1) is 20.0. The van der Waals surface area contributed by atoms with Crippen LogP contribution in [0.1, 0.15) is 35.3 Å². The van der Waals surface area contributed by atoms with Gasteiger partial charge in [-0.05, 0) is 50.1 Å². The smallest absolute Gasteiger partial charge is 0.157 e. The van der Waals surface area contributed by atoms with Crippen molar-refractivity contribution >= 4 is 22.3 Å². The van der Waals surface area contributed by atoms with E-state index < -0.39 is 0 Å². The number of halogens is 1. The van der Waals surface area contributed by atoms with Gasteiger partial charge < -0.3 is 15.5 Å². The van der Waals surface area contributed by atoms with E-state index in [1.807, 2.05) is 45.0 Å². The Morgan fingerprint density at radius 3 is 2.67 bits per heavy atom. The van der Waals surface area contributed by atoms with Gasteiger partial charge in [0.05, 0.1) is 29.1 Å². The van der Waals surface area contributed by atoms with Gasteiger partial charge in [0.15, 0.2) is 5.82 Å². The van der Waals surface area contributed by atoms with E-state index in [2.05, 4.69) is 31.8 Å². The van der Waals surface area contributed by atoms with Crippen molar-refractivity contribution in [3.05, 3.63) is 58.5 Å². The SMILES string of the molecule is Cc1c(C#N)cccc1[C@@H](C)Nc1nnc(C)c2cc(F)c(N3CCNCC3)cc12. The molecule has 0 amide bonds. The van der Waals surface area contributed by atoms with Crippen molar-refractivity contribution < 1.29 is 4.39 Å². The number of hydrogen-bond donors (Lipinski definition) is 2. The fourth-order valence-electron chi connectivity index (χ4n) is 4.07. The summed E-state index contributed by atoms with van der Waals surface area (Å²) in [7, 11) is 0. The molecule has 0 aliphatic carbocycles. The highest BCUT2D eigenvalue weighted by atomic mass is 19.1. The fourth-order valence-corrected chi connectivity index (χ4v) is 4.07. The van der Waals surface area contributed by atoms with Crippen molar-refractivity contribution in [1.29, 1.82) is 5.26 Å². The highest BCUT2D eigenvalue weighted by molar-refractivity contribution is 5.95. The van der Waals surface area contributed by atoms with Gasteiger partial charge in [-0.2, -0.15) is 10.4 Å². The molecule has 0 radical (unpaired) electrons. The Morgan fingerprint density at radius 2 is 1.93 bits per heavy atom. The molecule has 0 unspecified atom stereocenters. The largest absolute Gasteiger partial charge is 0.367 e. The number of nitriles is 1. The standard InChI is InChI=1S/C23H25FN6/c1-14-17(13-25)5-4-6-18(14)15(2)27-23-20-12-22(30-9-7-26-8-10-30)21(24)11-19(20)16(3)28-29-23/h4-6,11-12,15,26H,7-10H2,1-3H3,(H,27,29)/t15-/m1/s1. The van der Waals surface area contributed by atoms with E-state index in [1.165, 1.54) is 0 Å². The summed E-state index contributed by atoms with van der Waals surface area (Å²) in [5.74, 6) is 0.373. The molecule has 2 N–H and O–H groups in total. The maximum Gasteiger partial charge on any atom is 0.157 e. The van der Waals surface area contributed by atoms with E-state index >= 15 is 0 Å². The Bertz CT molecular complexity index is 1130. The molecule has 7 heteroatoms. The lowest BCUT2D eigenvalue weighted by atomic mass is 9.98. The summed E-state index contributed by atoms with van der Waals surface area (Å²) < 4.78 is 14.9. The molecule has 0 bridgehead atoms. The number of aryl methyl sites for hydroxylation is 1. The molecule has 154 valence electrons. The molecule has 0 spiro atoms. The quantitative estimate of drug-likeness (QED) is 0.688. The van der Waals surface area contributed by atoms with Gasteiger partial charge in [0.2, 0.25) is 0 Å². The summed E-state index contributed by atoms with van der Waals surface area (Å²) in [6, 6.07) is 11.3. The second kappa shape index (κ2) is 8.25. The van der Waals surface area contributed by atoms with Crippen LogP contribution in [0.25, 0.3) is 10.8 Å². The molecule has 4 rings (SSSR count). The minimum Gasteiger partial charge on any atom is -0.367 e. The molecular formula is C23H25FN6. The third-order valence-corrected chi connectivity index (χ3v) is 5.81. The Hall–Kier alpha value is -3.24. The van der Waals surface area contributed by atoms with E-state index in [1.54, 1.807) is 6.07 Å². The summed E-state index contributed by atoms with van der Waals surface area (Å²) in [6.45, 7) is 9.01. The number of nitrogens with one attached hydrogen (secondary N) is 2. The van der Waals surface area contributed by atoms with Crippen LogP contribution in [-0.2, 0) is 0 Å². The summed E-state index contributed by atoms with van der Waals surface area (Å²) >= 11 is 0. The van der Waals surface area contributed by atoms with Crippen molar-refractivity contribution in [3.8, 4) is 6.07 Å². The van der Waals surface area contributed by atoms with Gasteiger partial charge in [-0.1, -0.05) is 12.1 Å². The maximum absolute atomic E-state index is 14.9. The van der Waals surface area contributed by atoms with Gasteiger partial charge in [-0.25, -0.2) is 4.39 Å². The number of piperazine rings is 1. The monoisotopic (exact) mass is 404 g/mol. The zero-order valence-electron chi connectivity index (χ0n) is 17.5. The lowest BCUT2D eigenvalue weighted by Crippen LogP contribution is -2.43. The molecule has 2 heterocycles. The number of rotatable bonds is 4. The molecule has 2 aromatic carbocycles. The van der Waals surface area contributed by atoms with Gasteiger partial charge in [-0.3, -0.25) is 0 Å². The van der Waals surface area contributed by atoms with Crippen LogP contribution in [0.4, 0.5) is 15.9 Å². The Labute approximate surface area is 175 Å². The molecule has 1 atom stereocenters. The molecule has 1 fully saturated rings. The molecule has 0 saturated carbocycles. The van der Waals surface area contributed by atoms with Crippen LogP contribution in [0, 0.1) is 31.0 Å². The van der Waals surface area contributed by atoms with E-state index in [4.69, 9.17) is 0 Å². The van der Waals surface area contributed by atoms with Crippen LogP contribution in [0.15, 0.2) is 30.3 Å². The van der Waals surface area contributed by atoms with E-state index in [-0.39, 0.29) is 11.9 Å². The lowest BCUT2D eigenvalue weighted by Gasteiger charge is -2.30. The average molecular weight is 404 g/mol. The Balaban J connectivity index is 1.75. The molecule has 6 nitrogen and oxygen atoms in total. The van der Waals surface area contributed by atoms with Gasteiger partial charge in [0.25, 0.3) is 0 Å². The molecule has 1 aromatic heterocycles. The van der Waals surface area contributed by atoms with Crippen LogP contribution >= 0.6 is 0 Å². The van der Waals surface area contributed by atoms with Crippen molar-refractivity contribution in [2.75, 3.05) is 36.4 Å². The number of anilines is 2. The van der Waals surface area contributed by atoms with E-state index in [0.29, 0.717) is 22.8 Å². The van der Waals surface area contributed by atoms with Crippen LogP contribution in [0.2, 0.25) is 0 Å². The number of hydrogen-bond acceptors (Lipinski definition) is 6. The third-order valence-electron chi connectivity index (χ3n) is 5.81. The summed E-state index contributed by atoms with van der Waals surface area (Å²) in [5.41, 5.74) is 3.90. The van der Waals surface area contributed by atoms with Gasteiger partial charge >= 0.3 is 0 Å². The van der Waals surface area contributed by atoms with E-state index in [9.17, 15) is 9.65 Å². The molecular weight excluding hydrogens is 379 g/mol. The summed E-state index contributed by atoms with van der Waals surface area (Å²) in [6.07, 6.45) is 0. The normalized spacial score (nSPS) is 15.1. The lowest BCUT2D eigenvalue weighted by molar-refractivity contribution is 0.567. The van der Waals surface area contributed by atoms with E-state index in [0.717, 1.165) is 48.1 Å². The van der Waals surface area contributed by atoms with Crippen molar-refractivity contribution in [2.24, 2.45) is 0 Å². The fraction of sp³-hybridized carbons (Fsp3) is 0.348. The Kier molecular flexibility index (Phi) is 5.51. The van der Waals surface area contributed by atoms with Crippen molar-refractivity contribution in [3.63, 3.8) is 0 Å². The third kappa shape index (κ3) is 3.66. The van der Waals surface area contributed by atoms with Crippen molar-refractivity contribution in [2.45, 2.75) is 26.8 Å². The first-order chi connectivity index (χ1) is 14.5. The first-order valence-electron chi connectivity index (χ1n) is 10.2. The topological polar surface area (TPSA) is 76.9 Å². The van der Waals surface area contributed by atoms with Crippen molar-refractivity contribution in [1.82, 2.24) is 15.5 Å². The van der Waals surface area contributed by atoms with Crippen LogP contribution in [0.5, 0.6) is 0 Å². The minimum absolute atomic E-state index is 0.0915. The van der Waals surface area contributed by atoms with Crippen LogP contribution in [0.3, 0.4) is 0 Å². The first-order valence-corrected chi connectivity index (χ1v) is 10.2.